The van der Waals surface area contributed by atoms with Crippen molar-refractivity contribution in [3.63, 3.8) is 0 Å². The van der Waals surface area contributed by atoms with Gasteiger partial charge in [0.25, 0.3) is 0 Å². The minimum atomic E-state index is 0.868. The smallest absolute Gasteiger partial charge is 0.0739 e. The predicted octanol–water partition coefficient (Wildman–Crippen LogP) is 2.02. The summed E-state index contributed by atoms with van der Waals surface area (Å²) in [5, 5.41) is 7.94. The van der Waals surface area contributed by atoms with Crippen LogP contribution in [0.2, 0.25) is 0 Å². The lowest BCUT2D eigenvalue weighted by atomic mass is 10.3. The number of nitrogens with one attached hydrogen (secondary N) is 1. The molecule has 0 aliphatic heterocycles. The molecule has 0 atom stereocenters. The Morgan fingerprint density at radius 2 is 2.12 bits per heavy atom. The molecule has 1 aromatic heterocycles. The zero-order valence-electron chi connectivity index (χ0n) is 11.3. The van der Waals surface area contributed by atoms with Crippen molar-refractivity contribution in [2.24, 2.45) is 0 Å². The van der Waals surface area contributed by atoms with Crippen LogP contribution in [0, 0.1) is 6.92 Å². The van der Waals surface area contributed by atoms with Gasteiger partial charge >= 0.3 is 0 Å². The van der Waals surface area contributed by atoms with Crippen molar-refractivity contribution in [2.75, 3.05) is 26.7 Å². The number of halogens is 1. The van der Waals surface area contributed by atoms with Crippen LogP contribution in [0.25, 0.3) is 0 Å². The Kier molecular flexibility index (Phi) is 6.16. The van der Waals surface area contributed by atoms with E-state index in [1.54, 1.807) is 0 Å². The molecule has 0 radical (unpaired) electrons. The SMILES string of the molecule is CCN(C)CCNCc1c(Br)c(C)nn1CC. The van der Waals surface area contributed by atoms with Crippen LogP contribution in [0.3, 0.4) is 0 Å². The monoisotopic (exact) mass is 302 g/mol. The van der Waals surface area contributed by atoms with E-state index in [4.69, 9.17) is 0 Å². The normalized spacial score (nSPS) is 11.4. The quantitative estimate of drug-likeness (QED) is 0.782. The van der Waals surface area contributed by atoms with Gasteiger partial charge in [0.1, 0.15) is 0 Å². The standard InChI is InChI=1S/C12H23BrN4/c1-5-16(4)8-7-14-9-11-12(13)10(3)15-17(11)6-2/h14H,5-9H2,1-4H3. The first-order valence-electron chi connectivity index (χ1n) is 6.21. The van der Waals surface area contributed by atoms with Crippen molar-refractivity contribution >= 4 is 15.9 Å². The Bertz CT molecular complexity index is 349. The van der Waals surface area contributed by atoms with Gasteiger partial charge in [-0.05, 0) is 43.4 Å². The van der Waals surface area contributed by atoms with E-state index in [0.717, 1.165) is 42.9 Å². The lowest BCUT2D eigenvalue weighted by Crippen LogP contribution is -2.29. The van der Waals surface area contributed by atoms with E-state index in [1.165, 1.54) is 5.69 Å². The second kappa shape index (κ2) is 7.13. The Labute approximate surface area is 113 Å². The highest BCUT2D eigenvalue weighted by Gasteiger charge is 2.11. The van der Waals surface area contributed by atoms with E-state index in [9.17, 15) is 0 Å². The fourth-order valence-corrected chi connectivity index (χ4v) is 2.10. The van der Waals surface area contributed by atoms with Gasteiger partial charge in [0.15, 0.2) is 0 Å². The summed E-state index contributed by atoms with van der Waals surface area (Å²) < 4.78 is 3.19. The van der Waals surface area contributed by atoms with Gasteiger partial charge in [-0.25, -0.2) is 0 Å². The van der Waals surface area contributed by atoms with Crippen molar-refractivity contribution in [1.82, 2.24) is 20.0 Å². The lowest BCUT2D eigenvalue weighted by Gasteiger charge is -2.14. The third-order valence-corrected chi connectivity index (χ3v) is 3.99. The number of likely N-dealkylation sites (N-methyl/N-ethyl adjacent to an activating group) is 1. The number of hydrogen-bond acceptors (Lipinski definition) is 3. The third-order valence-electron chi connectivity index (χ3n) is 2.96. The first-order chi connectivity index (χ1) is 8.10. The molecule has 0 bridgehead atoms. The average molecular weight is 303 g/mol. The molecule has 0 saturated carbocycles. The molecule has 0 aromatic carbocycles. The maximum atomic E-state index is 4.48. The van der Waals surface area contributed by atoms with Crippen LogP contribution in [0.15, 0.2) is 4.47 Å². The van der Waals surface area contributed by atoms with Crippen molar-refractivity contribution in [3.8, 4) is 0 Å². The van der Waals surface area contributed by atoms with E-state index in [0.29, 0.717) is 0 Å². The maximum absolute atomic E-state index is 4.48. The Balaban J connectivity index is 2.46. The van der Waals surface area contributed by atoms with Crippen LogP contribution < -0.4 is 5.32 Å². The summed E-state index contributed by atoms with van der Waals surface area (Å²) in [7, 11) is 2.14. The molecule has 0 aliphatic rings. The van der Waals surface area contributed by atoms with Gasteiger partial charge in [-0.1, -0.05) is 6.92 Å². The molecule has 1 heterocycles. The lowest BCUT2D eigenvalue weighted by molar-refractivity contribution is 0.348. The maximum Gasteiger partial charge on any atom is 0.0739 e. The summed E-state index contributed by atoms with van der Waals surface area (Å²) in [6.45, 7) is 11.3. The summed E-state index contributed by atoms with van der Waals surface area (Å²) in [5.41, 5.74) is 2.30. The summed E-state index contributed by atoms with van der Waals surface area (Å²) >= 11 is 3.60. The van der Waals surface area contributed by atoms with Crippen molar-refractivity contribution in [1.29, 1.82) is 0 Å². The molecule has 0 spiro atoms. The first kappa shape index (κ1) is 14.7. The topological polar surface area (TPSA) is 33.1 Å². The highest BCUT2D eigenvalue weighted by molar-refractivity contribution is 9.10. The van der Waals surface area contributed by atoms with Gasteiger partial charge in [-0.15, -0.1) is 0 Å². The number of hydrogen-bond donors (Lipinski definition) is 1. The van der Waals surface area contributed by atoms with Crippen LogP contribution in [0.4, 0.5) is 0 Å². The Morgan fingerprint density at radius 1 is 1.41 bits per heavy atom. The molecule has 1 rings (SSSR count). The predicted molar refractivity (Wildman–Crippen MR) is 75.2 cm³/mol. The minimum absolute atomic E-state index is 0.868. The Morgan fingerprint density at radius 3 is 2.71 bits per heavy atom. The van der Waals surface area contributed by atoms with Gasteiger partial charge in [-0.3, -0.25) is 4.68 Å². The summed E-state index contributed by atoms with van der Waals surface area (Å²) in [5.74, 6) is 0. The molecule has 0 unspecified atom stereocenters. The zero-order valence-corrected chi connectivity index (χ0v) is 12.8. The molecule has 0 fully saturated rings. The molecule has 98 valence electrons. The molecular formula is C12H23BrN4. The van der Waals surface area contributed by atoms with Gasteiger partial charge in [-0.2, -0.15) is 5.10 Å². The number of rotatable bonds is 7. The fraction of sp³-hybridized carbons (Fsp3) is 0.750. The summed E-state index contributed by atoms with van der Waals surface area (Å²) in [6, 6.07) is 0. The van der Waals surface area contributed by atoms with Crippen molar-refractivity contribution < 1.29 is 0 Å². The fourth-order valence-electron chi connectivity index (χ4n) is 1.67. The molecule has 1 aromatic rings. The van der Waals surface area contributed by atoms with E-state index in [-0.39, 0.29) is 0 Å². The molecule has 17 heavy (non-hydrogen) atoms. The van der Waals surface area contributed by atoms with Crippen LogP contribution in [-0.2, 0) is 13.1 Å². The van der Waals surface area contributed by atoms with Gasteiger partial charge in [0.05, 0.1) is 15.9 Å². The number of nitrogens with zero attached hydrogens (tertiary/aromatic N) is 3. The number of aromatic nitrogens is 2. The summed E-state index contributed by atoms with van der Waals surface area (Å²) in [4.78, 5) is 2.30. The molecule has 4 nitrogen and oxygen atoms in total. The average Bonchev–Trinajstić information content (AvgIpc) is 2.61. The summed E-state index contributed by atoms with van der Waals surface area (Å²) in [6.07, 6.45) is 0. The van der Waals surface area contributed by atoms with E-state index in [2.05, 4.69) is 56.8 Å². The molecule has 0 saturated heterocycles. The zero-order chi connectivity index (χ0) is 12.8. The van der Waals surface area contributed by atoms with Crippen LogP contribution >= 0.6 is 15.9 Å². The minimum Gasteiger partial charge on any atom is -0.310 e. The van der Waals surface area contributed by atoms with Crippen LogP contribution in [-0.4, -0.2) is 41.4 Å². The highest BCUT2D eigenvalue weighted by Crippen LogP contribution is 2.20. The molecular weight excluding hydrogens is 280 g/mol. The molecule has 0 amide bonds. The van der Waals surface area contributed by atoms with Gasteiger partial charge in [0, 0.05) is 26.2 Å². The van der Waals surface area contributed by atoms with E-state index < -0.39 is 0 Å². The van der Waals surface area contributed by atoms with Gasteiger partial charge in [0.2, 0.25) is 0 Å². The van der Waals surface area contributed by atoms with Crippen LogP contribution in [0.1, 0.15) is 25.2 Å². The Hall–Kier alpha value is -0.390. The van der Waals surface area contributed by atoms with Crippen LogP contribution in [0.5, 0.6) is 0 Å². The largest absolute Gasteiger partial charge is 0.310 e. The number of aryl methyl sites for hydroxylation is 2. The first-order valence-corrected chi connectivity index (χ1v) is 7.00. The van der Waals surface area contributed by atoms with E-state index in [1.807, 2.05) is 6.92 Å². The molecule has 5 heteroatoms. The van der Waals surface area contributed by atoms with Crippen molar-refractivity contribution in [3.05, 3.63) is 15.9 Å². The van der Waals surface area contributed by atoms with E-state index >= 15 is 0 Å². The van der Waals surface area contributed by atoms with Gasteiger partial charge < -0.3 is 10.2 Å². The highest BCUT2D eigenvalue weighted by atomic mass is 79.9. The molecule has 0 aliphatic carbocycles. The third kappa shape index (κ3) is 4.08. The second-order valence-corrected chi connectivity index (χ2v) is 5.03. The second-order valence-electron chi connectivity index (χ2n) is 4.23. The molecule has 1 N–H and O–H groups in total. The van der Waals surface area contributed by atoms with Crippen molar-refractivity contribution in [2.45, 2.75) is 33.9 Å².